The summed E-state index contributed by atoms with van der Waals surface area (Å²) in [6.45, 7) is 0. The number of thiophene rings is 1. The van der Waals surface area contributed by atoms with Crippen molar-refractivity contribution >= 4 is 53.6 Å². The third kappa shape index (κ3) is 4.99. The SMILES string of the molecule is c1cc(-c2cccc(-c3cccc(-c4ccc5sc6ccccc6c5c4)c3)c2)cc(-c2cccc(-c3ccc4oc5ncccc5c4c3)c2)c1. The van der Waals surface area contributed by atoms with Gasteiger partial charge in [0, 0.05) is 37.1 Å². The molecule has 0 saturated heterocycles. The maximum Gasteiger partial charge on any atom is 0.227 e. The quantitative estimate of drug-likeness (QED) is 0.184. The van der Waals surface area contributed by atoms with E-state index in [2.05, 4.69) is 163 Å². The normalized spacial score (nSPS) is 11.6. The number of pyridine rings is 1. The molecule has 0 aliphatic heterocycles. The van der Waals surface area contributed by atoms with Crippen LogP contribution in [0.5, 0.6) is 0 Å². The highest BCUT2D eigenvalue weighted by Gasteiger charge is 2.12. The summed E-state index contributed by atoms with van der Waals surface area (Å²) in [5.74, 6) is 0. The minimum Gasteiger partial charge on any atom is -0.438 e. The molecule has 0 fully saturated rings. The van der Waals surface area contributed by atoms with Crippen LogP contribution in [0, 0.1) is 0 Å². The Kier molecular flexibility index (Phi) is 6.71. The van der Waals surface area contributed by atoms with Crippen LogP contribution in [0.1, 0.15) is 0 Å². The molecule has 0 saturated carbocycles. The third-order valence-electron chi connectivity index (χ3n) is 9.74. The first kappa shape index (κ1) is 28.7. The molecule has 0 amide bonds. The first-order valence-electron chi connectivity index (χ1n) is 16.8. The lowest BCUT2D eigenvalue weighted by Crippen LogP contribution is -1.85. The van der Waals surface area contributed by atoms with Crippen molar-refractivity contribution in [3.8, 4) is 55.6 Å². The minimum absolute atomic E-state index is 0.673. The average Bonchev–Trinajstić information content (AvgIpc) is 3.76. The smallest absolute Gasteiger partial charge is 0.227 e. The molecule has 10 rings (SSSR count). The topological polar surface area (TPSA) is 26.0 Å². The lowest BCUT2D eigenvalue weighted by atomic mass is 9.94. The van der Waals surface area contributed by atoms with Crippen LogP contribution in [-0.4, -0.2) is 4.98 Å². The van der Waals surface area contributed by atoms with Crippen LogP contribution in [0.2, 0.25) is 0 Å². The maximum absolute atomic E-state index is 5.97. The maximum atomic E-state index is 5.97. The molecule has 0 aliphatic carbocycles. The third-order valence-corrected chi connectivity index (χ3v) is 10.9. The van der Waals surface area contributed by atoms with E-state index in [4.69, 9.17) is 4.42 Å². The van der Waals surface area contributed by atoms with Gasteiger partial charge in [-0.1, -0.05) is 103 Å². The summed E-state index contributed by atoms with van der Waals surface area (Å²) in [5, 5.41) is 4.77. The van der Waals surface area contributed by atoms with Crippen molar-refractivity contribution in [3.63, 3.8) is 0 Å². The van der Waals surface area contributed by atoms with E-state index >= 15 is 0 Å². The molecule has 50 heavy (non-hydrogen) atoms. The zero-order chi connectivity index (χ0) is 33.0. The Hall–Kier alpha value is -6.29. The standard InChI is InChI=1S/C47H29NOS/c1-2-18-45-40(16-1)43-29-39(20-22-46(43)50-45)37-15-6-13-35(27-37)33-11-4-9-31(25-33)30-8-3-10-32(24-30)34-12-5-14-36(26-34)38-19-21-44-42(28-38)41-17-7-23-48-47(41)49-44/h1-29H. The first-order valence-corrected chi connectivity index (χ1v) is 17.7. The van der Waals surface area contributed by atoms with Crippen molar-refractivity contribution in [3.05, 3.63) is 176 Å². The Bertz CT molecular complexity index is 2690. The van der Waals surface area contributed by atoms with Crippen molar-refractivity contribution in [2.75, 3.05) is 0 Å². The number of benzene rings is 7. The fourth-order valence-electron chi connectivity index (χ4n) is 7.21. The number of rotatable bonds is 5. The Morgan fingerprint density at radius 1 is 0.340 bits per heavy atom. The van der Waals surface area contributed by atoms with Crippen molar-refractivity contribution in [2.24, 2.45) is 0 Å². The molecular formula is C47H29NOS. The Labute approximate surface area is 293 Å². The van der Waals surface area contributed by atoms with Crippen LogP contribution in [-0.2, 0) is 0 Å². The van der Waals surface area contributed by atoms with E-state index in [1.807, 2.05) is 23.5 Å². The van der Waals surface area contributed by atoms with Crippen LogP contribution >= 0.6 is 11.3 Å². The van der Waals surface area contributed by atoms with Gasteiger partial charge in [-0.05, 0) is 122 Å². The molecule has 0 radical (unpaired) electrons. The average molecular weight is 656 g/mol. The molecule has 0 aliphatic rings. The number of furan rings is 1. The molecule has 0 spiro atoms. The highest BCUT2D eigenvalue weighted by atomic mass is 32.1. The van der Waals surface area contributed by atoms with E-state index < -0.39 is 0 Å². The Balaban J connectivity index is 0.968. The van der Waals surface area contributed by atoms with Gasteiger partial charge in [-0.2, -0.15) is 0 Å². The summed E-state index contributed by atoms with van der Waals surface area (Å²) in [4.78, 5) is 4.40. The molecular weight excluding hydrogens is 627 g/mol. The van der Waals surface area contributed by atoms with E-state index in [0.29, 0.717) is 5.71 Å². The van der Waals surface area contributed by atoms with Crippen LogP contribution in [0.4, 0.5) is 0 Å². The highest BCUT2D eigenvalue weighted by Crippen LogP contribution is 2.38. The van der Waals surface area contributed by atoms with Crippen LogP contribution in [0.25, 0.3) is 97.9 Å². The van der Waals surface area contributed by atoms with Gasteiger partial charge in [-0.25, -0.2) is 4.98 Å². The molecule has 7 aromatic carbocycles. The number of aromatic nitrogens is 1. The van der Waals surface area contributed by atoms with Gasteiger partial charge in [0.05, 0.1) is 0 Å². The van der Waals surface area contributed by atoms with Gasteiger partial charge in [0.25, 0.3) is 0 Å². The largest absolute Gasteiger partial charge is 0.438 e. The predicted octanol–water partition coefficient (Wildman–Crippen LogP) is 13.7. The second kappa shape index (κ2) is 11.7. The Morgan fingerprint density at radius 3 is 1.38 bits per heavy atom. The van der Waals surface area contributed by atoms with E-state index in [1.165, 1.54) is 70.2 Å². The molecule has 0 unspecified atom stereocenters. The molecule has 2 nitrogen and oxygen atoms in total. The zero-order valence-electron chi connectivity index (χ0n) is 27.0. The first-order chi connectivity index (χ1) is 24.7. The number of hydrogen-bond donors (Lipinski definition) is 0. The molecule has 3 heteroatoms. The zero-order valence-corrected chi connectivity index (χ0v) is 27.8. The summed E-state index contributed by atoms with van der Waals surface area (Å²) in [5.41, 5.74) is 13.5. The second-order valence-electron chi connectivity index (χ2n) is 12.8. The van der Waals surface area contributed by atoms with Gasteiger partial charge in [0.1, 0.15) is 5.58 Å². The minimum atomic E-state index is 0.673. The number of fused-ring (bicyclic) bond motifs is 6. The van der Waals surface area contributed by atoms with Crippen molar-refractivity contribution in [2.45, 2.75) is 0 Å². The van der Waals surface area contributed by atoms with Gasteiger partial charge in [0.2, 0.25) is 5.71 Å². The van der Waals surface area contributed by atoms with E-state index in [1.54, 1.807) is 6.20 Å². The van der Waals surface area contributed by atoms with Gasteiger partial charge in [-0.3, -0.25) is 0 Å². The molecule has 3 aromatic heterocycles. The lowest BCUT2D eigenvalue weighted by molar-refractivity contribution is 0.654. The molecule has 0 atom stereocenters. The predicted molar refractivity (Wildman–Crippen MR) is 212 cm³/mol. The van der Waals surface area contributed by atoms with Gasteiger partial charge >= 0.3 is 0 Å². The van der Waals surface area contributed by atoms with Crippen molar-refractivity contribution in [1.82, 2.24) is 4.98 Å². The van der Waals surface area contributed by atoms with Crippen LogP contribution in [0.3, 0.4) is 0 Å². The summed E-state index contributed by atoms with van der Waals surface area (Å²) in [7, 11) is 0. The lowest BCUT2D eigenvalue weighted by Gasteiger charge is -2.11. The summed E-state index contributed by atoms with van der Waals surface area (Å²) < 4.78 is 8.63. The van der Waals surface area contributed by atoms with E-state index in [-0.39, 0.29) is 0 Å². The Morgan fingerprint density at radius 2 is 0.800 bits per heavy atom. The molecule has 3 heterocycles. The second-order valence-corrected chi connectivity index (χ2v) is 13.9. The summed E-state index contributed by atoms with van der Waals surface area (Å²) in [6.07, 6.45) is 1.77. The van der Waals surface area contributed by atoms with Gasteiger partial charge in [0.15, 0.2) is 0 Å². The van der Waals surface area contributed by atoms with Crippen LogP contribution in [0.15, 0.2) is 180 Å². The number of nitrogens with zero attached hydrogens (tertiary/aromatic N) is 1. The highest BCUT2D eigenvalue weighted by molar-refractivity contribution is 7.25. The van der Waals surface area contributed by atoms with Gasteiger partial charge < -0.3 is 4.42 Å². The van der Waals surface area contributed by atoms with Crippen LogP contribution < -0.4 is 0 Å². The van der Waals surface area contributed by atoms with Crippen molar-refractivity contribution < 1.29 is 4.42 Å². The molecule has 0 bridgehead atoms. The fourth-order valence-corrected chi connectivity index (χ4v) is 8.30. The van der Waals surface area contributed by atoms with E-state index in [9.17, 15) is 0 Å². The molecule has 234 valence electrons. The molecule has 10 aromatic rings. The van der Waals surface area contributed by atoms with Gasteiger partial charge in [-0.15, -0.1) is 11.3 Å². The van der Waals surface area contributed by atoms with Crippen molar-refractivity contribution in [1.29, 1.82) is 0 Å². The summed E-state index contributed by atoms with van der Waals surface area (Å²) >= 11 is 1.86. The molecule has 0 N–H and O–H groups in total. The number of hydrogen-bond acceptors (Lipinski definition) is 3. The van der Waals surface area contributed by atoms with E-state index in [0.717, 1.165) is 21.9 Å². The monoisotopic (exact) mass is 655 g/mol. The fraction of sp³-hybridized carbons (Fsp3) is 0. The summed E-state index contributed by atoms with van der Waals surface area (Å²) in [6, 6.07) is 61.4.